The van der Waals surface area contributed by atoms with Gasteiger partial charge in [-0.1, -0.05) is 30.4 Å². The first-order valence-electron chi connectivity index (χ1n) is 8.38. The molecular weight excluding hydrogens is 274 g/mol. The van der Waals surface area contributed by atoms with E-state index in [1.165, 1.54) is 6.42 Å². The highest BCUT2D eigenvalue weighted by Gasteiger charge is 2.45. The molecule has 0 spiro atoms. The lowest BCUT2D eigenvalue weighted by molar-refractivity contribution is -0.126. The average Bonchev–Trinajstić information content (AvgIpc) is 3.01. The number of fused-ring (bicyclic) bond motifs is 2. The first-order chi connectivity index (χ1) is 10.7. The third kappa shape index (κ3) is 2.77. The molecule has 2 fully saturated rings. The molecule has 0 heterocycles. The van der Waals surface area contributed by atoms with Gasteiger partial charge >= 0.3 is 0 Å². The Morgan fingerprint density at radius 2 is 2.00 bits per heavy atom. The highest BCUT2D eigenvalue weighted by molar-refractivity contribution is 5.80. The van der Waals surface area contributed by atoms with Gasteiger partial charge in [0.1, 0.15) is 5.75 Å². The standard InChI is InChI=1S/C19H23NO2/c21-18(17-11-14-6-7-15(17)10-14)20-12-19(8-9-19)13-22-16-4-2-1-3-5-16/h1-7,14-15,17H,8-13H2,(H,20,21)/t14-,15+,17-/m1/s1. The van der Waals surface area contributed by atoms with Crippen molar-refractivity contribution in [2.45, 2.75) is 25.7 Å². The Labute approximate surface area is 131 Å². The minimum atomic E-state index is 0.166. The first kappa shape index (κ1) is 13.9. The van der Waals surface area contributed by atoms with Crippen LogP contribution in [0.1, 0.15) is 25.7 Å². The molecule has 0 radical (unpaired) electrons. The van der Waals surface area contributed by atoms with Crippen LogP contribution in [0.4, 0.5) is 0 Å². The van der Waals surface area contributed by atoms with Gasteiger partial charge < -0.3 is 10.1 Å². The fourth-order valence-electron chi connectivity index (χ4n) is 3.79. The number of rotatable bonds is 6. The van der Waals surface area contributed by atoms with Crippen LogP contribution < -0.4 is 10.1 Å². The molecule has 0 unspecified atom stereocenters. The molecule has 3 aliphatic carbocycles. The number of hydrogen-bond donors (Lipinski definition) is 1. The third-order valence-corrected chi connectivity index (χ3v) is 5.50. The Morgan fingerprint density at radius 3 is 2.64 bits per heavy atom. The van der Waals surface area contributed by atoms with E-state index in [9.17, 15) is 4.79 Å². The van der Waals surface area contributed by atoms with Gasteiger partial charge in [-0.25, -0.2) is 0 Å². The fourth-order valence-corrected chi connectivity index (χ4v) is 3.79. The fraction of sp³-hybridized carbons (Fsp3) is 0.526. The van der Waals surface area contributed by atoms with Crippen molar-refractivity contribution in [3.05, 3.63) is 42.5 Å². The minimum absolute atomic E-state index is 0.166. The molecule has 2 bridgehead atoms. The molecule has 1 N–H and O–H groups in total. The summed E-state index contributed by atoms with van der Waals surface area (Å²) in [6.07, 6.45) is 9.04. The van der Waals surface area contributed by atoms with E-state index >= 15 is 0 Å². The molecule has 1 amide bonds. The Bertz CT molecular complexity index is 576. The Kier molecular flexibility index (Phi) is 3.44. The Balaban J connectivity index is 1.26. The topological polar surface area (TPSA) is 38.3 Å². The predicted octanol–water partition coefficient (Wildman–Crippen LogP) is 3.17. The van der Waals surface area contributed by atoms with Crippen molar-refractivity contribution >= 4 is 5.91 Å². The smallest absolute Gasteiger partial charge is 0.223 e. The number of hydrogen-bond acceptors (Lipinski definition) is 2. The van der Waals surface area contributed by atoms with Gasteiger partial charge in [0.25, 0.3) is 0 Å². The highest BCUT2D eigenvalue weighted by atomic mass is 16.5. The lowest BCUT2D eigenvalue weighted by atomic mass is 9.92. The van der Waals surface area contributed by atoms with Crippen LogP contribution in [0, 0.1) is 23.2 Å². The van der Waals surface area contributed by atoms with Crippen molar-refractivity contribution in [2.75, 3.05) is 13.2 Å². The van der Waals surface area contributed by atoms with Gasteiger partial charge in [0, 0.05) is 17.9 Å². The number of carbonyl (C=O) groups is 1. The monoisotopic (exact) mass is 297 g/mol. The van der Waals surface area contributed by atoms with Crippen molar-refractivity contribution in [2.24, 2.45) is 23.2 Å². The summed E-state index contributed by atoms with van der Waals surface area (Å²) in [4.78, 5) is 12.4. The van der Waals surface area contributed by atoms with Crippen LogP contribution in [0.15, 0.2) is 42.5 Å². The van der Waals surface area contributed by atoms with Crippen LogP contribution in [0.2, 0.25) is 0 Å². The SMILES string of the molecule is O=C(NCC1(COc2ccccc2)CC1)[C@@H]1C[C@@H]2C=C[C@H]1C2. The number of carbonyl (C=O) groups excluding carboxylic acids is 1. The molecule has 3 heteroatoms. The zero-order valence-corrected chi connectivity index (χ0v) is 12.8. The molecule has 1 aromatic rings. The van der Waals surface area contributed by atoms with Gasteiger partial charge in [-0.15, -0.1) is 0 Å². The van der Waals surface area contributed by atoms with E-state index in [1.807, 2.05) is 30.3 Å². The van der Waals surface area contributed by atoms with Gasteiger partial charge in [0.2, 0.25) is 5.91 Å². The van der Waals surface area contributed by atoms with E-state index < -0.39 is 0 Å². The lowest BCUT2D eigenvalue weighted by Crippen LogP contribution is -2.38. The van der Waals surface area contributed by atoms with Gasteiger partial charge in [-0.3, -0.25) is 4.79 Å². The number of nitrogens with one attached hydrogen (secondary N) is 1. The maximum atomic E-state index is 12.4. The number of ether oxygens (including phenoxy) is 1. The highest BCUT2D eigenvalue weighted by Crippen LogP contribution is 2.46. The van der Waals surface area contributed by atoms with Gasteiger partial charge in [-0.05, 0) is 49.7 Å². The van der Waals surface area contributed by atoms with Crippen LogP contribution in [-0.2, 0) is 4.79 Å². The second-order valence-electron chi connectivity index (χ2n) is 7.21. The molecule has 4 rings (SSSR count). The van der Waals surface area contributed by atoms with Crippen molar-refractivity contribution < 1.29 is 9.53 Å². The molecular formula is C19H23NO2. The average molecular weight is 297 g/mol. The van der Waals surface area contributed by atoms with Crippen LogP contribution in [0.3, 0.4) is 0 Å². The second kappa shape index (κ2) is 5.45. The summed E-state index contributed by atoms with van der Waals surface area (Å²) < 4.78 is 5.88. The van der Waals surface area contributed by atoms with Crippen molar-refractivity contribution in [1.82, 2.24) is 5.32 Å². The number of para-hydroxylation sites is 1. The van der Waals surface area contributed by atoms with Gasteiger partial charge in [0.15, 0.2) is 0 Å². The summed E-state index contributed by atoms with van der Waals surface area (Å²) >= 11 is 0. The predicted molar refractivity (Wildman–Crippen MR) is 85.5 cm³/mol. The maximum Gasteiger partial charge on any atom is 0.223 e. The summed E-state index contributed by atoms with van der Waals surface area (Å²) in [6.45, 7) is 1.46. The van der Waals surface area contributed by atoms with E-state index in [4.69, 9.17) is 4.74 Å². The number of benzene rings is 1. The normalized spacial score (nSPS) is 30.3. The van der Waals surface area contributed by atoms with Gasteiger partial charge in [-0.2, -0.15) is 0 Å². The lowest BCUT2D eigenvalue weighted by Gasteiger charge is -2.21. The Hall–Kier alpha value is -1.77. The third-order valence-electron chi connectivity index (χ3n) is 5.50. The molecule has 2 saturated carbocycles. The molecule has 0 aliphatic heterocycles. The second-order valence-corrected chi connectivity index (χ2v) is 7.21. The molecule has 22 heavy (non-hydrogen) atoms. The van der Waals surface area contributed by atoms with E-state index in [0.717, 1.165) is 31.6 Å². The molecule has 1 aromatic carbocycles. The largest absolute Gasteiger partial charge is 0.493 e. The molecule has 3 atom stereocenters. The summed E-state index contributed by atoms with van der Waals surface area (Å²) in [5.74, 6) is 2.51. The van der Waals surface area contributed by atoms with Crippen molar-refractivity contribution in [1.29, 1.82) is 0 Å². The van der Waals surface area contributed by atoms with Crippen LogP contribution >= 0.6 is 0 Å². The van der Waals surface area contributed by atoms with Gasteiger partial charge in [0.05, 0.1) is 6.61 Å². The van der Waals surface area contributed by atoms with Crippen molar-refractivity contribution in [3.63, 3.8) is 0 Å². The van der Waals surface area contributed by atoms with E-state index in [2.05, 4.69) is 17.5 Å². The molecule has 3 nitrogen and oxygen atoms in total. The summed E-state index contributed by atoms with van der Waals surface area (Å²) in [7, 11) is 0. The maximum absolute atomic E-state index is 12.4. The van der Waals surface area contributed by atoms with Crippen LogP contribution in [-0.4, -0.2) is 19.1 Å². The summed E-state index contributed by atoms with van der Waals surface area (Å²) in [6, 6.07) is 9.93. The minimum Gasteiger partial charge on any atom is -0.493 e. The number of amides is 1. The number of allylic oxidation sites excluding steroid dienone is 2. The van der Waals surface area contributed by atoms with Crippen molar-refractivity contribution in [3.8, 4) is 5.75 Å². The summed E-state index contributed by atoms with van der Waals surface area (Å²) in [5, 5.41) is 3.20. The quantitative estimate of drug-likeness (QED) is 0.819. The Morgan fingerprint density at radius 1 is 1.18 bits per heavy atom. The zero-order chi connectivity index (χ0) is 15.0. The van der Waals surface area contributed by atoms with Crippen LogP contribution in [0.25, 0.3) is 0 Å². The summed E-state index contributed by atoms with van der Waals surface area (Å²) in [5.41, 5.74) is 0.166. The van der Waals surface area contributed by atoms with Crippen LogP contribution in [0.5, 0.6) is 5.75 Å². The molecule has 0 aromatic heterocycles. The molecule has 3 aliphatic rings. The van der Waals surface area contributed by atoms with E-state index in [1.54, 1.807) is 0 Å². The van der Waals surface area contributed by atoms with E-state index in [-0.39, 0.29) is 17.2 Å². The first-order valence-corrected chi connectivity index (χ1v) is 8.38. The van der Waals surface area contributed by atoms with E-state index in [0.29, 0.717) is 18.4 Å². The molecule has 0 saturated heterocycles. The molecule has 116 valence electrons. The zero-order valence-electron chi connectivity index (χ0n) is 12.8.